The first-order chi connectivity index (χ1) is 26.2. The molecule has 2 heterocycles. The van der Waals surface area contributed by atoms with Crippen LogP contribution < -0.4 is 4.90 Å². The second-order valence-electron chi connectivity index (χ2n) is 13.3. The highest BCUT2D eigenvalue weighted by Crippen LogP contribution is 2.42. The van der Waals surface area contributed by atoms with E-state index in [1.165, 1.54) is 47.6 Å². The van der Waals surface area contributed by atoms with Crippen LogP contribution in [0.3, 0.4) is 0 Å². The van der Waals surface area contributed by atoms with Crippen LogP contribution in [-0.4, -0.2) is 4.57 Å². The van der Waals surface area contributed by atoms with Crippen LogP contribution in [-0.2, 0) is 0 Å². The quantitative estimate of drug-likeness (QED) is 0.158. The van der Waals surface area contributed by atoms with Crippen LogP contribution in [0.5, 0.6) is 0 Å². The Morgan fingerprint density at radius 2 is 0.981 bits per heavy atom. The standard InChI is InChI=1S/C49H31N3S/c1-50-37-20-26-40(27-21-37)52-46-13-7-5-11-42(46)44-31-36(19-29-47(44)52)35-17-24-39(25-18-35)51(38-22-15-34(16-23-38)33-9-3-2-4-10-33)41-28-30-49-45(32-41)43-12-6-8-14-48(43)53-49/h2-32H. The highest BCUT2D eigenvalue weighted by atomic mass is 32.1. The van der Waals surface area contributed by atoms with E-state index in [1.54, 1.807) is 0 Å². The van der Waals surface area contributed by atoms with E-state index in [-0.39, 0.29) is 0 Å². The molecule has 8 aromatic carbocycles. The molecule has 0 amide bonds. The van der Waals surface area contributed by atoms with Gasteiger partial charge in [0.05, 0.1) is 17.6 Å². The van der Waals surface area contributed by atoms with Crippen molar-refractivity contribution in [3.05, 3.63) is 199 Å². The minimum Gasteiger partial charge on any atom is -0.310 e. The molecule has 3 nitrogen and oxygen atoms in total. The third-order valence-corrected chi connectivity index (χ3v) is 11.4. The zero-order valence-corrected chi connectivity index (χ0v) is 29.5. The number of hydrogen-bond acceptors (Lipinski definition) is 2. The molecule has 2 aromatic heterocycles. The lowest BCUT2D eigenvalue weighted by molar-refractivity contribution is 1.18. The number of fused-ring (bicyclic) bond motifs is 6. The van der Waals surface area contributed by atoms with Crippen molar-refractivity contribution in [3.8, 4) is 27.9 Å². The molecule has 0 bridgehead atoms. The van der Waals surface area contributed by atoms with Crippen molar-refractivity contribution in [1.29, 1.82) is 0 Å². The molecule has 0 spiro atoms. The predicted octanol–water partition coefficient (Wildman–Crippen LogP) is 14.5. The molecule has 0 N–H and O–H groups in total. The number of rotatable bonds is 6. The largest absolute Gasteiger partial charge is 0.310 e. The summed E-state index contributed by atoms with van der Waals surface area (Å²) in [5.41, 5.74) is 12.0. The van der Waals surface area contributed by atoms with Crippen molar-refractivity contribution >= 4 is 76.1 Å². The second kappa shape index (κ2) is 12.7. The molecule has 0 aliphatic carbocycles. The van der Waals surface area contributed by atoms with E-state index in [0.717, 1.165) is 39.3 Å². The molecule has 248 valence electrons. The summed E-state index contributed by atoms with van der Waals surface area (Å²) in [5, 5.41) is 4.98. The van der Waals surface area contributed by atoms with Crippen LogP contribution in [0.15, 0.2) is 188 Å². The van der Waals surface area contributed by atoms with Gasteiger partial charge in [0.15, 0.2) is 5.69 Å². The summed E-state index contributed by atoms with van der Waals surface area (Å²) in [4.78, 5) is 5.95. The van der Waals surface area contributed by atoms with Crippen LogP contribution >= 0.6 is 11.3 Å². The Bertz CT molecular complexity index is 2980. The van der Waals surface area contributed by atoms with Crippen LogP contribution in [0.4, 0.5) is 22.7 Å². The van der Waals surface area contributed by atoms with Gasteiger partial charge in [0, 0.05) is 53.7 Å². The lowest BCUT2D eigenvalue weighted by atomic mass is 10.0. The SMILES string of the molecule is [C-]#[N+]c1ccc(-n2c3ccccc3c3cc(-c4ccc(N(c5ccc(-c6ccccc6)cc5)c5ccc6sc7ccccc7c6c5)cc4)ccc32)cc1. The Balaban J connectivity index is 1.07. The average molecular weight is 694 g/mol. The van der Waals surface area contributed by atoms with E-state index in [2.05, 4.69) is 178 Å². The van der Waals surface area contributed by atoms with Crippen molar-refractivity contribution in [2.75, 3.05) is 4.90 Å². The monoisotopic (exact) mass is 693 g/mol. The van der Waals surface area contributed by atoms with Gasteiger partial charge in [-0.05, 0) is 101 Å². The number of para-hydroxylation sites is 1. The molecule has 4 heteroatoms. The molecular formula is C49H31N3S. The second-order valence-corrected chi connectivity index (χ2v) is 14.4. The number of anilines is 3. The number of aromatic nitrogens is 1. The molecule has 0 unspecified atom stereocenters. The average Bonchev–Trinajstić information content (AvgIpc) is 3.77. The molecule has 0 radical (unpaired) electrons. The molecule has 0 aliphatic heterocycles. The highest BCUT2D eigenvalue weighted by molar-refractivity contribution is 7.25. The zero-order valence-electron chi connectivity index (χ0n) is 28.6. The summed E-state index contributed by atoms with van der Waals surface area (Å²) in [6.45, 7) is 7.38. The Morgan fingerprint density at radius 1 is 0.415 bits per heavy atom. The molecule has 53 heavy (non-hydrogen) atoms. The van der Waals surface area contributed by atoms with Crippen molar-refractivity contribution in [1.82, 2.24) is 4.57 Å². The summed E-state index contributed by atoms with van der Waals surface area (Å²) < 4.78 is 4.89. The third-order valence-electron chi connectivity index (χ3n) is 10.2. The molecule has 10 aromatic rings. The number of benzene rings is 8. The van der Waals surface area contributed by atoms with Crippen LogP contribution in [0.25, 0.3) is 74.8 Å². The molecule has 10 rings (SSSR count). The maximum atomic E-state index is 7.38. The Kier molecular flexibility index (Phi) is 7.39. The van der Waals surface area contributed by atoms with E-state index in [1.807, 2.05) is 35.6 Å². The fourth-order valence-electron chi connectivity index (χ4n) is 7.64. The summed E-state index contributed by atoms with van der Waals surface area (Å²) in [6, 6.07) is 67.1. The van der Waals surface area contributed by atoms with Gasteiger partial charge < -0.3 is 9.47 Å². The first kappa shape index (κ1) is 30.9. The molecule has 0 fully saturated rings. The van der Waals surface area contributed by atoms with E-state index < -0.39 is 0 Å². The van der Waals surface area contributed by atoms with E-state index in [0.29, 0.717) is 5.69 Å². The van der Waals surface area contributed by atoms with Gasteiger partial charge in [-0.15, -0.1) is 11.3 Å². The fraction of sp³-hybridized carbons (Fsp3) is 0. The van der Waals surface area contributed by atoms with Gasteiger partial charge in [0.2, 0.25) is 0 Å². The molecule has 0 saturated carbocycles. The minimum absolute atomic E-state index is 0.642. The zero-order chi connectivity index (χ0) is 35.3. The molecule has 0 aliphatic rings. The van der Waals surface area contributed by atoms with E-state index in [9.17, 15) is 0 Å². The summed E-state index contributed by atoms with van der Waals surface area (Å²) in [7, 11) is 0. The topological polar surface area (TPSA) is 12.5 Å². The molecule has 0 saturated heterocycles. The van der Waals surface area contributed by atoms with Gasteiger partial charge in [-0.25, -0.2) is 4.85 Å². The Hall–Kier alpha value is -6.93. The van der Waals surface area contributed by atoms with Gasteiger partial charge in [0.1, 0.15) is 0 Å². The predicted molar refractivity (Wildman–Crippen MR) is 225 cm³/mol. The first-order valence-electron chi connectivity index (χ1n) is 17.7. The summed E-state index contributed by atoms with van der Waals surface area (Å²) >= 11 is 1.85. The van der Waals surface area contributed by atoms with Gasteiger partial charge in [-0.2, -0.15) is 0 Å². The Morgan fingerprint density at radius 3 is 1.72 bits per heavy atom. The molecule has 0 atom stereocenters. The van der Waals surface area contributed by atoms with Crippen molar-refractivity contribution in [2.45, 2.75) is 0 Å². The number of thiophene rings is 1. The van der Waals surface area contributed by atoms with E-state index >= 15 is 0 Å². The number of hydrogen-bond donors (Lipinski definition) is 0. The van der Waals surface area contributed by atoms with Crippen LogP contribution in [0, 0.1) is 6.57 Å². The fourth-order valence-corrected chi connectivity index (χ4v) is 8.73. The maximum Gasteiger partial charge on any atom is 0.187 e. The van der Waals surface area contributed by atoms with Crippen LogP contribution in [0.2, 0.25) is 0 Å². The van der Waals surface area contributed by atoms with Crippen molar-refractivity contribution in [3.63, 3.8) is 0 Å². The number of nitrogens with zero attached hydrogens (tertiary/aromatic N) is 3. The first-order valence-corrected chi connectivity index (χ1v) is 18.5. The van der Waals surface area contributed by atoms with Gasteiger partial charge in [0.25, 0.3) is 0 Å². The summed E-state index contributed by atoms with van der Waals surface area (Å²) in [6.07, 6.45) is 0. The van der Waals surface area contributed by atoms with Crippen molar-refractivity contribution in [2.24, 2.45) is 0 Å². The minimum atomic E-state index is 0.642. The third kappa shape index (κ3) is 5.34. The Labute approximate surface area is 311 Å². The lowest BCUT2D eigenvalue weighted by Gasteiger charge is -2.26. The summed E-state index contributed by atoms with van der Waals surface area (Å²) in [5.74, 6) is 0. The lowest BCUT2D eigenvalue weighted by Crippen LogP contribution is -2.09. The van der Waals surface area contributed by atoms with Crippen molar-refractivity contribution < 1.29 is 0 Å². The van der Waals surface area contributed by atoms with Gasteiger partial charge in [-0.1, -0.05) is 109 Å². The maximum absolute atomic E-state index is 7.38. The smallest absolute Gasteiger partial charge is 0.187 e. The van der Waals surface area contributed by atoms with Crippen LogP contribution in [0.1, 0.15) is 0 Å². The highest BCUT2D eigenvalue weighted by Gasteiger charge is 2.17. The van der Waals surface area contributed by atoms with E-state index in [4.69, 9.17) is 6.57 Å². The molecular weight excluding hydrogens is 663 g/mol. The normalized spacial score (nSPS) is 11.4. The van der Waals surface area contributed by atoms with Gasteiger partial charge in [-0.3, -0.25) is 0 Å². The van der Waals surface area contributed by atoms with Gasteiger partial charge >= 0.3 is 0 Å².